The number of unbranched alkanes of at least 4 members (excludes halogenated alkanes) is 3. The van der Waals surface area contributed by atoms with Gasteiger partial charge in [0.1, 0.15) is 0 Å². The third-order valence-corrected chi connectivity index (χ3v) is 1.47. The van der Waals surface area contributed by atoms with Crippen LogP contribution in [0.4, 0.5) is 4.79 Å². The Morgan fingerprint density at radius 3 is 2.54 bits per heavy atom. The van der Waals surface area contributed by atoms with Crippen LogP contribution in [0.2, 0.25) is 0 Å². The second kappa shape index (κ2) is 9.32. The normalized spacial score (nSPS) is 9.69. The summed E-state index contributed by atoms with van der Waals surface area (Å²) in [6.07, 6.45) is 3.61. The number of hydrogen-bond donors (Lipinski definition) is 0. The van der Waals surface area contributed by atoms with Crippen LogP contribution >= 0.6 is 0 Å². The van der Waals surface area contributed by atoms with Crippen LogP contribution in [0.15, 0.2) is 0 Å². The zero-order chi connectivity index (χ0) is 9.94. The Morgan fingerprint density at radius 1 is 1.15 bits per heavy atom. The largest absolute Gasteiger partial charge is 0.540 e. The van der Waals surface area contributed by atoms with E-state index in [4.69, 9.17) is 0 Å². The third-order valence-electron chi connectivity index (χ3n) is 1.47. The van der Waals surface area contributed by atoms with Crippen LogP contribution in [-0.4, -0.2) is 19.4 Å². The van der Waals surface area contributed by atoms with Crippen LogP contribution in [0.3, 0.4) is 0 Å². The Balaban J connectivity index is 3.02. The van der Waals surface area contributed by atoms with Crippen LogP contribution in [0.25, 0.3) is 0 Å². The fourth-order valence-corrected chi connectivity index (χ4v) is 0.819. The molecular formula is C9H18O4. The van der Waals surface area contributed by atoms with Crippen molar-refractivity contribution < 1.29 is 19.3 Å². The van der Waals surface area contributed by atoms with Gasteiger partial charge in [-0.1, -0.05) is 26.2 Å². The Hall–Kier alpha value is -0.770. The molecule has 0 radical (unpaired) electrons. The topological polar surface area (TPSA) is 44.8 Å². The second-order valence-electron chi connectivity index (χ2n) is 2.65. The molecule has 0 saturated carbocycles. The Morgan fingerprint density at radius 2 is 1.92 bits per heavy atom. The summed E-state index contributed by atoms with van der Waals surface area (Å²) < 4.78 is 4.48. The van der Waals surface area contributed by atoms with Crippen molar-refractivity contribution in [3.05, 3.63) is 0 Å². The fourth-order valence-electron chi connectivity index (χ4n) is 0.819. The smallest absolute Gasteiger partial charge is 0.433 e. The molecule has 0 saturated heterocycles. The van der Waals surface area contributed by atoms with Crippen LogP contribution < -0.4 is 0 Å². The molecule has 0 spiro atoms. The van der Waals surface area contributed by atoms with Gasteiger partial charge in [0.15, 0.2) is 0 Å². The SMILES string of the molecule is CCCCCCOOC(=O)OCC. The molecule has 4 heteroatoms. The molecule has 0 unspecified atom stereocenters. The van der Waals surface area contributed by atoms with E-state index in [2.05, 4.69) is 21.4 Å². The number of rotatable bonds is 7. The van der Waals surface area contributed by atoms with E-state index in [0.29, 0.717) is 13.2 Å². The van der Waals surface area contributed by atoms with Crippen molar-refractivity contribution in [3.8, 4) is 0 Å². The Kier molecular flexibility index (Phi) is 8.77. The van der Waals surface area contributed by atoms with Gasteiger partial charge in [-0.2, -0.15) is 4.89 Å². The maximum Gasteiger partial charge on any atom is 0.540 e. The van der Waals surface area contributed by atoms with Gasteiger partial charge < -0.3 is 4.74 Å². The van der Waals surface area contributed by atoms with Crippen molar-refractivity contribution in [1.29, 1.82) is 0 Å². The monoisotopic (exact) mass is 190 g/mol. The van der Waals surface area contributed by atoms with E-state index < -0.39 is 6.16 Å². The minimum Gasteiger partial charge on any atom is -0.433 e. The predicted octanol–water partition coefficient (Wildman–Crippen LogP) is 2.67. The second-order valence-corrected chi connectivity index (χ2v) is 2.65. The Bertz CT molecular complexity index is 125. The van der Waals surface area contributed by atoms with Crippen molar-refractivity contribution in [2.45, 2.75) is 39.5 Å². The summed E-state index contributed by atoms with van der Waals surface area (Å²) in [5.41, 5.74) is 0. The molecule has 4 nitrogen and oxygen atoms in total. The molecule has 0 aliphatic carbocycles. The molecule has 0 heterocycles. The zero-order valence-corrected chi connectivity index (χ0v) is 8.38. The van der Waals surface area contributed by atoms with Crippen molar-refractivity contribution >= 4 is 6.16 Å². The van der Waals surface area contributed by atoms with Gasteiger partial charge >= 0.3 is 6.16 Å². The molecule has 0 fully saturated rings. The van der Waals surface area contributed by atoms with Gasteiger partial charge in [-0.15, -0.1) is 0 Å². The minimum absolute atomic E-state index is 0.304. The zero-order valence-electron chi connectivity index (χ0n) is 8.38. The highest BCUT2D eigenvalue weighted by Crippen LogP contribution is 1.99. The van der Waals surface area contributed by atoms with Gasteiger partial charge in [0, 0.05) is 0 Å². The molecule has 0 N–H and O–H groups in total. The molecule has 0 aromatic carbocycles. The molecule has 0 bridgehead atoms. The summed E-state index contributed by atoms with van der Waals surface area (Å²) in [4.78, 5) is 19.5. The van der Waals surface area contributed by atoms with Gasteiger partial charge in [-0.3, -0.25) is 4.89 Å². The van der Waals surface area contributed by atoms with E-state index in [1.807, 2.05) is 0 Å². The maximum absolute atomic E-state index is 10.6. The lowest BCUT2D eigenvalue weighted by Crippen LogP contribution is -2.08. The summed E-state index contributed by atoms with van der Waals surface area (Å²) >= 11 is 0. The van der Waals surface area contributed by atoms with E-state index in [1.54, 1.807) is 6.92 Å². The fraction of sp³-hybridized carbons (Fsp3) is 0.889. The lowest BCUT2D eigenvalue weighted by Gasteiger charge is -2.02. The molecule has 0 atom stereocenters. The van der Waals surface area contributed by atoms with Gasteiger partial charge in [-0.05, 0) is 13.3 Å². The summed E-state index contributed by atoms with van der Waals surface area (Å²) in [6.45, 7) is 4.59. The van der Waals surface area contributed by atoms with Crippen LogP contribution in [0.1, 0.15) is 39.5 Å². The van der Waals surface area contributed by atoms with Gasteiger partial charge in [0.05, 0.1) is 13.2 Å². The molecule has 0 aliphatic rings. The van der Waals surface area contributed by atoms with Crippen LogP contribution in [0.5, 0.6) is 0 Å². The molecule has 0 rings (SSSR count). The van der Waals surface area contributed by atoms with Crippen LogP contribution in [0, 0.1) is 0 Å². The van der Waals surface area contributed by atoms with Crippen molar-refractivity contribution in [3.63, 3.8) is 0 Å². The van der Waals surface area contributed by atoms with Crippen molar-refractivity contribution in [2.75, 3.05) is 13.2 Å². The molecule has 13 heavy (non-hydrogen) atoms. The molecule has 0 amide bonds. The average Bonchev–Trinajstić information content (AvgIpc) is 2.11. The van der Waals surface area contributed by atoms with E-state index >= 15 is 0 Å². The molecule has 0 aromatic rings. The molecule has 0 aromatic heterocycles. The highest BCUT2D eigenvalue weighted by Gasteiger charge is 2.01. The van der Waals surface area contributed by atoms with Gasteiger partial charge in [0.25, 0.3) is 0 Å². The summed E-state index contributed by atoms with van der Waals surface area (Å²) in [5, 5.41) is 0. The number of carbonyl (C=O) groups excluding carboxylic acids is 1. The Labute approximate surface area is 79.1 Å². The first-order valence-corrected chi connectivity index (χ1v) is 4.77. The van der Waals surface area contributed by atoms with E-state index in [-0.39, 0.29) is 0 Å². The van der Waals surface area contributed by atoms with E-state index in [1.165, 1.54) is 12.8 Å². The maximum atomic E-state index is 10.6. The van der Waals surface area contributed by atoms with Crippen LogP contribution in [-0.2, 0) is 14.5 Å². The lowest BCUT2D eigenvalue weighted by atomic mass is 10.2. The van der Waals surface area contributed by atoms with Gasteiger partial charge in [0.2, 0.25) is 0 Å². The minimum atomic E-state index is -0.766. The lowest BCUT2D eigenvalue weighted by molar-refractivity contribution is -0.254. The summed E-state index contributed by atoms with van der Waals surface area (Å²) in [6, 6.07) is 0. The highest BCUT2D eigenvalue weighted by molar-refractivity contribution is 5.58. The number of carbonyl (C=O) groups is 1. The molecular weight excluding hydrogens is 172 g/mol. The first-order chi connectivity index (χ1) is 6.31. The van der Waals surface area contributed by atoms with E-state index in [0.717, 1.165) is 12.8 Å². The highest BCUT2D eigenvalue weighted by atomic mass is 17.2. The summed E-state index contributed by atoms with van der Waals surface area (Å²) in [7, 11) is 0. The molecule has 0 aliphatic heterocycles. The molecule has 78 valence electrons. The van der Waals surface area contributed by atoms with E-state index in [9.17, 15) is 4.79 Å². The standard InChI is InChI=1S/C9H18O4/c1-3-5-6-7-8-12-13-9(10)11-4-2/h3-8H2,1-2H3. The summed E-state index contributed by atoms with van der Waals surface area (Å²) in [5.74, 6) is 0. The number of ether oxygens (including phenoxy) is 1. The van der Waals surface area contributed by atoms with Crippen molar-refractivity contribution in [1.82, 2.24) is 0 Å². The van der Waals surface area contributed by atoms with Gasteiger partial charge in [-0.25, -0.2) is 4.79 Å². The third kappa shape index (κ3) is 9.14. The predicted molar refractivity (Wildman–Crippen MR) is 48.2 cm³/mol. The van der Waals surface area contributed by atoms with Crippen molar-refractivity contribution in [2.24, 2.45) is 0 Å². The first kappa shape index (κ1) is 12.2. The number of hydrogen-bond acceptors (Lipinski definition) is 4. The quantitative estimate of drug-likeness (QED) is 0.268. The average molecular weight is 190 g/mol. The first-order valence-electron chi connectivity index (χ1n) is 4.77.